The first-order valence-corrected chi connectivity index (χ1v) is 5.03. The molecule has 0 aliphatic carbocycles. The van der Waals surface area contributed by atoms with Gasteiger partial charge < -0.3 is 4.84 Å². The third-order valence-corrected chi connectivity index (χ3v) is 1.92. The zero-order valence-corrected chi connectivity index (χ0v) is 10.3. The smallest absolute Gasteiger partial charge is 0.270 e. The van der Waals surface area contributed by atoms with Crippen molar-refractivity contribution in [3.63, 3.8) is 0 Å². The Labute approximate surface area is 90.9 Å². The van der Waals surface area contributed by atoms with Gasteiger partial charge in [-0.2, -0.15) is 0 Å². The first kappa shape index (κ1) is 11.8. The van der Waals surface area contributed by atoms with E-state index < -0.39 is 0 Å². The van der Waals surface area contributed by atoms with Gasteiger partial charge in [-0.05, 0) is 19.3 Å². The molecule has 0 unspecified atom stereocenters. The molecule has 0 aliphatic heterocycles. The normalized spacial score (nSPS) is 11.3. The highest BCUT2D eigenvalue weighted by Crippen LogP contribution is 2.29. The quantitative estimate of drug-likeness (QED) is 0.554. The summed E-state index contributed by atoms with van der Waals surface area (Å²) in [6.45, 7) is 10.2. The minimum atomic E-state index is 0.0146. The van der Waals surface area contributed by atoms with Gasteiger partial charge in [-0.3, -0.25) is 4.68 Å². The molecule has 0 aromatic carbocycles. The lowest BCUT2D eigenvalue weighted by atomic mass is 9.89. The van der Waals surface area contributed by atoms with Crippen LogP contribution in [0.5, 0.6) is 5.88 Å². The summed E-state index contributed by atoms with van der Waals surface area (Å²) in [6.07, 6.45) is 1.97. The van der Waals surface area contributed by atoms with E-state index in [4.69, 9.17) is 4.84 Å². The maximum Gasteiger partial charge on any atom is 0.270 e. The van der Waals surface area contributed by atoms with Gasteiger partial charge in [-0.1, -0.05) is 25.9 Å². The van der Waals surface area contributed by atoms with Crippen LogP contribution in [0.3, 0.4) is 0 Å². The van der Waals surface area contributed by atoms with Crippen LogP contribution in [0, 0.1) is 0 Å². The number of rotatable bonds is 2. The molecule has 0 radical (unpaired) electrons. The lowest BCUT2D eigenvalue weighted by Crippen LogP contribution is -2.11. The van der Waals surface area contributed by atoms with Gasteiger partial charge in [0.15, 0.2) is 0 Å². The molecule has 84 valence electrons. The number of aromatic nitrogens is 2. The summed E-state index contributed by atoms with van der Waals surface area (Å²) in [5.41, 5.74) is 1.95. The predicted octanol–water partition coefficient (Wildman–Crippen LogP) is 2.49. The van der Waals surface area contributed by atoms with Crippen molar-refractivity contribution in [2.75, 3.05) is 0 Å². The molecule has 0 spiro atoms. The SMILES string of the molecule is CC(C)=NOc1nn(C)cc1C(C)(C)C. The monoisotopic (exact) mass is 209 g/mol. The lowest BCUT2D eigenvalue weighted by Gasteiger charge is -2.16. The van der Waals surface area contributed by atoms with Crippen molar-refractivity contribution < 1.29 is 4.84 Å². The largest absolute Gasteiger partial charge is 0.335 e. The Kier molecular flexibility index (Phi) is 3.17. The molecule has 4 heteroatoms. The maximum absolute atomic E-state index is 5.30. The van der Waals surface area contributed by atoms with Crippen LogP contribution in [-0.4, -0.2) is 15.5 Å². The summed E-state index contributed by atoms with van der Waals surface area (Å²) < 4.78 is 1.75. The average molecular weight is 209 g/mol. The van der Waals surface area contributed by atoms with Crippen LogP contribution in [0.25, 0.3) is 0 Å². The molecule has 0 fully saturated rings. The van der Waals surface area contributed by atoms with Crippen molar-refractivity contribution in [3.8, 4) is 5.88 Å². The van der Waals surface area contributed by atoms with Gasteiger partial charge in [0.25, 0.3) is 5.88 Å². The minimum absolute atomic E-state index is 0.0146. The van der Waals surface area contributed by atoms with Crippen LogP contribution in [0.15, 0.2) is 11.4 Å². The second-order valence-electron chi connectivity index (χ2n) is 4.90. The van der Waals surface area contributed by atoms with Crippen molar-refractivity contribution >= 4 is 5.71 Å². The summed E-state index contributed by atoms with van der Waals surface area (Å²) in [4.78, 5) is 5.30. The molecule has 15 heavy (non-hydrogen) atoms. The zero-order chi connectivity index (χ0) is 11.6. The number of aryl methyl sites for hydroxylation is 1. The second kappa shape index (κ2) is 4.04. The van der Waals surface area contributed by atoms with Crippen LogP contribution in [-0.2, 0) is 12.5 Å². The fourth-order valence-corrected chi connectivity index (χ4v) is 1.18. The summed E-state index contributed by atoms with van der Waals surface area (Å²) in [6, 6.07) is 0. The van der Waals surface area contributed by atoms with Crippen molar-refractivity contribution in [2.45, 2.75) is 40.0 Å². The van der Waals surface area contributed by atoms with Gasteiger partial charge >= 0.3 is 0 Å². The Hall–Kier alpha value is -1.32. The molecule has 4 nitrogen and oxygen atoms in total. The van der Waals surface area contributed by atoms with Crippen LogP contribution in [0.1, 0.15) is 40.2 Å². The van der Waals surface area contributed by atoms with E-state index in [0.717, 1.165) is 11.3 Å². The second-order valence-corrected chi connectivity index (χ2v) is 4.90. The van der Waals surface area contributed by atoms with E-state index in [9.17, 15) is 0 Å². The summed E-state index contributed by atoms with van der Waals surface area (Å²) >= 11 is 0. The Morgan fingerprint density at radius 1 is 1.40 bits per heavy atom. The van der Waals surface area contributed by atoms with E-state index in [1.807, 2.05) is 27.1 Å². The van der Waals surface area contributed by atoms with Crippen LogP contribution >= 0.6 is 0 Å². The van der Waals surface area contributed by atoms with E-state index >= 15 is 0 Å². The van der Waals surface area contributed by atoms with Crippen molar-refractivity contribution in [1.82, 2.24) is 9.78 Å². The van der Waals surface area contributed by atoms with Gasteiger partial charge in [0.2, 0.25) is 0 Å². The molecule has 0 saturated heterocycles. The van der Waals surface area contributed by atoms with E-state index in [2.05, 4.69) is 31.0 Å². The van der Waals surface area contributed by atoms with E-state index in [0.29, 0.717) is 5.88 Å². The average Bonchev–Trinajstić information content (AvgIpc) is 2.42. The molecular weight excluding hydrogens is 190 g/mol. The topological polar surface area (TPSA) is 39.4 Å². The molecular formula is C11H19N3O. The lowest BCUT2D eigenvalue weighted by molar-refractivity contribution is 0.314. The van der Waals surface area contributed by atoms with Gasteiger partial charge in [0, 0.05) is 18.8 Å². The summed E-state index contributed by atoms with van der Waals surface area (Å²) in [7, 11) is 1.88. The molecule has 1 aromatic heterocycles. The van der Waals surface area contributed by atoms with Crippen LogP contribution in [0.4, 0.5) is 0 Å². The molecule has 0 saturated carbocycles. The number of nitrogens with zero attached hydrogens (tertiary/aromatic N) is 3. The Bertz CT molecular complexity index is 368. The van der Waals surface area contributed by atoms with Crippen molar-refractivity contribution in [2.24, 2.45) is 12.2 Å². The first-order chi connectivity index (χ1) is 6.80. The fraction of sp³-hybridized carbons (Fsp3) is 0.636. The Morgan fingerprint density at radius 2 is 2.00 bits per heavy atom. The van der Waals surface area contributed by atoms with E-state index in [-0.39, 0.29) is 5.41 Å². The fourth-order valence-electron chi connectivity index (χ4n) is 1.18. The molecule has 1 aromatic rings. The van der Waals surface area contributed by atoms with Gasteiger partial charge in [0.1, 0.15) is 0 Å². The van der Waals surface area contributed by atoms with Gasteiger partial charge in [0.05, 0.1) is 5.71 Å². The van der Waals surface area contributed by atoms with E-state index in [1.54, 1.807) is 4.68 Å². The summed E-state index contributed by atoms with van der Waals surface area (Å²) in [5.74, 6) is 0.589. The molecule has 0 N–H and O–H groups in total. The molecule has 1 rings (SSSR count). The third kappa shape index (κ3) is 3.08. The predicted molar refractivity (Wildman–Crippen MR) is 61.3 cm³/mol. The number of hydrogen-bond donors (Lipinski definition) is 0. The minimum Gasteiger partial charge on any atom is -0.335 e. The first-order valence-electron chi connectivity index (χ1n) is 5.03. The Morgan fingerprint density at radius 3 is 2.47 bits per heavy atom. The van der Waals surface area contributed by atoms with Crippen molar-refractivity contribution in [1.29, 1.82) is 0 Å². The highest BCUT2D eigenvalue weighted by Gasteiger charge is 2.22. The standard InChI is InChI=1S/C11H19N3O/c1-8(2)13-15-10-9(11(3,4)5)7-14(6)12-10/h7H,1-6H3. The summed E-state index contributed by atoms with van der Waals surface area (Å²) in [5, 5.41) is 8.16. The Balaban J connectivity index is 3.02. The van der Waals surface area contributed by atoms with Gasteiger partial charge in [-0.15, -0.1) is 5.10 Å². The zero-order valence-electron chi connectivity index (χ0n) is 10.3. The molecule has 0 bridgehead atoms. The maximum atomic E-state index is 5.30. The molecule has 0 aliphatic rings. The van der Waals surface area contributed by atoms with Crippen molar-refractivity contribution in [3.05, 3.63) is 11.8 Å². The third-order valence-electron chi connectivity index (χ3n) is 1.92. The number of oxime groups is 1. The molecule has 0 atom stereocenters. The van der Waals surface area contributed by atoms with Crippen LogP contribution < -0.4 is 4.84 Å². The molecule has 1 heterocycles. The van der Waals surface area contributed by atoms with E-state index in [1.165, 1.54) is 0 Å². The van der Waals surface area contributed by atoms with Crippen LogP contribution in [0.2, 0.25) is 0 Å². The number of hydrogen-bond acceptors (Lipinski definition) is 3. The highest BCUT2D eigenvalue weighted by molar-refractivity contribution is 5.78. The highest BCUT2D eigenvalue weighted by atomic mass is 16.6. The molecule has 0 amide bonds. The van der Waals surface area contributed by atoms with Gasteiger partial charge in [-0.25, -0.2) is 0 Å².